The number of benzene rings is 1. The first-order valence-electron chi connectivity index (χ1n) is 8.56. The van der Waals surface area contributed by atoms with Crippen LogP contribution >= 0.6 is 0 Å². The summed E-state index contributed by atoms with van der Waals surface area (Å²) in [5.41, 5.74) is 6.11. The van der Waals surface area contributed by atoms with Crippen molar-refractivity contribution >= 4 is 23.5 Å². The van der Waals surface area contributed by atoms with Gasteiger partial charge in [0.25, 0.3) is 0 Å². The third-order valence-electron chi connectivity index (χ3n) is 4.23. The fraction of sp³-hybridized carbons (Fsp3) is 0.500. The maximum atomic E-state index is 12.7. The fourth-order valence-electron chi connectivity index (χ4n) is 2.93. The van der Waals surface area contributed by atoms with E-state index in [-0.39, 0.29) is 36.8 Å². The molecule has 1 atom stereocenters. The molecule has 0 aliphatic carbocycles. The van der Waals surface area contributed by atoms with E-state index in [1.54, 1.807) is 36.1 Å². The van der Waals surface area contributed by atoms with E-state index in [0.717, 1.165) is 6.42 Å². The number of ether oxygens (including phenoxy) is 1. The summed E-state index contributed by atoms with van der Waals surface area (Å²) in [5, 5.41) is 0. The van der Waals surface area contributed by atoms with Gasteiger partial charge >= 0.3 is 5.97 Å². The zero-order valence-electron chi connectivity index (χ0n) is 14.5. The van der Waals surface area contributed by atoms with Crippen LogP contribution in [0.15, 0.2) is 30.3 Å². The Morgan fingerprint density at radius 2 is 2.00 bits per heavy atom. The highest BCUT2D eigenvalue weighted by molar-refractivity contribution is 5.99. The molecule has 0 aromatic heterocycles. The van der Waals surface area contributed by atoms with Crippen molar-refractivity contribution in [1.29, 1.82) is 0 Å². The summed E-state index contributed by atoms with van der Waals surface area (Å²) >= 11 is 0. The maximum absolute atomic E-state index is 12.7. The van der Waals surface area contributed by atoms with Crippen LogP contribution in [0.5, 0.6) is 0 Å². The minimum atomic E-state index is -0.321. The number of likely N-dealkylation sites (tertiary alicyclic amines) is 1. The Hall–Kier alpha value is -2.41. The van der Waals surface area contributed by atoms with Gasteiger partial charge in [-0.3, -0.25) is 14.4 Å². The number of nitrogens with two attached hydrogens (primary N) is 1. The first-order chi connectivity index (χ1) is 12.1. The lowest BCUT2D eigenvalue weighted by atomic mass is 9.98. The van der Waals surface area contributed by atoms with Crippen molar-refractivity contribution in [2.24, 2.45) is 11.7 Å². The van der Waals surface area contributed by atoms with E-state index in [1.165, 1.54) is 4.90 Å². The van der Waals surface area contributed by atoms with Crippen molar-refractivity contribution in [3.8, 4) is 0 Å². The second kappa shape index (κ2) is 9.17. The number of esters is 1. The highest BCUT2D eigenvalue weighted by atomic mass is 16.5. The summed E-state index contributed by atoms with van der Waals surface area (Å²) in [7, 11) is 0. The van der Waals surface area contributed by atoms with Crippen LogP contribution in [0, 0.1) is 5.92 Å². The molecule has 1 saturated heterocycles. The summed E-state index contributed by atoms with van der Waals surface area (Å²) in [6, 6.07) is 8.96. The molecule has 1 aromatic carbocycles. The smallest absolute Gasteiger partial charge is 0.310 e. The monoisotopic (exact) mass is 347 g/mol. The van der Waals surface area contributed by atoms with Gasteiger partial charge < -0.3 is 20.3 Å². The van der Waals surface area contributed by atoms with Crippen LogP contribution in [-0.2, 0) is 19.1 Å². The van der Waals surface area contributed by atoms with Crippen molar-refractivity contribution in [3.05, 3.63) is 30.3 Å². The largest absolute Gasteiger partial charge is 0.466 e. The predicted octanol–water partition coefficient (Wildman–Crippen LogP) is 0.780. The van der Waals surface area contributed by atoms with Crippen LogP contribution in [0.2, 0.25) is 0 Å². The normalized spacial score (nSPS) is 17.0. The zero-order chi connectivity index (χ0) is 18.2. The molecule has 1 heterocycles. The minimum Gasteiger partial charge on any atom is -0.466 e. The Labute approximate surface area is 147 Å². The van der Waals surface area contributed by atoms with Crippen LogP contribution in [0.3, 0.4) is 0 Å². The highest BCUT2D eigenvalue weighted by Crippen LogP contribution is 2.19. The Morgan fingerprint density at radius 1 is 1.28 bits per heavy atom. The molecule has 2 amide bonds. The minimum absolute atomic E-state index is 0.0877. The Kier molecular flexibility index (Phi) is 6.94. The molecular formula is C18H25N3O4. The molecule has 1 aliphatic rings. The van der Waals surface area contributed by atoms with Gasteiger partial charge in [0.05, 0.1) is 19.1 Å². The van der Waals surface area contributed by atoms with Crippen LogP contribution in [0.4, 0.5) is 5.69 Å². The quantitative estimate of drug-likeness (QED) is 0.768. The number of para-hydroxylation sites is 1. The highest BCUT2D eigenvalue weighted by Gasteiger charge is 2.30. The van der Waals surface area contributed by atoms with Crippen LogP contribution in [-0.4, -0.2) is 55.5 Å². The van der Waals surface area contributed by atoms with Gasteiger partial charge in [0.2, 0.25) is 11.8 Å². The van der Waals surface area contributed by atoms with E-state index in [2.05, 4.69) is 0 Å². The molecule has 1 aromatic rings. The number of amides is 2. The molecule has 0 saturated carbocycles. The number of carbonyl (C=O) groups is 3. The first-order valence-corrected chi connectivity index (χ1v) is 8.56. The van der Waals surface area contributed by atoms with Crippen molar-refractivity contribution in [2.75, 3.05) is 37.7 Å². The van der Waals surface area contributed by atoms with Gasteiger partial charge in [0.15, 0.2) is 0 Å². The molecule has 0 bridgehead atoms. The summed E-state index contributed by atoms with van der Waals surface area (Å²) in [4.78, 5) is 39.8. The third kappa shape index (κ3) is 5.03. The standard InChI is InChI=1S/C18H25N3O4/c1-2-25-18(24)14-7-6-10-20(12-14)17(23)13-21(16(22)11-19)15-8-4-3-5-9-15/h3-5,8-9,14H,2,6-7,10-13,19H2,1H3. The molecule has 7 nitrogen and oxygen atoms in total. The molecular weight excluding hydrogens is 322 g/mol. The van der Waals surface area contributed by atoms with Gasteiger partial charge in [-0.1, -0.05) is 18.2 Å². The number of piperidine rings is 1. The summed E-state index contributed by atoms with van der Waals surface area (Å²) in [6.45, 7) is 2.74. The van der Waals surface area contributed by atoms with Gasteiger partial charge in [-0.2, -0.15) is 0 Å². The molecule has 1 unspecified atom stereocenters. The first kappa shape index (κ1) is 18.9. The van der Waals surface area contributed by atoms with E-state index in [1.807, 2.05) is 6.07 Å². The second-order valence-corrected chi connectivity index (χ2v) is 5.95. The van der Waals surface area contributed by atoms with Crippen molar-refractivity contribution in [3.63, 3.8) is 0 Å². The lowest BCUT2D eigenvalue weighted by molar-refractivity contribution is -0.151. The number of hydrogen-bond donors (Lipinski definition) is 1. The van der Waals surface area contributed by atoms with Gasteiger partial charge in [0, 0.05) is 18.8 Å². The summed E-state index contributed by atoms with van der Waals surface area (Å²) < 4.78 is 5.06. The number of hydrogen-bond acceptors (Lipinski definition) is 5. The van der Waals surface area contributed by atoms with E-state index in [0.29, 0.717) is 31.8 Å². The lowest BCUT2D eigenvalue weighted by Gasteiger charge is -2.33. The van der Waals surface area contributed by atoms with Gasteiger partial charge in [-0.25, -0.2) is 0 Å². The second-order valence-electron chi connectivity index (χ2n) is 5.95. The van der Waals surface area contributed by atoms with E-state index >= 15 is 0 Å². The Morgan fingerprint density at radius 3 is 2.64 bits per heavy atom. The summed E-state index contributed by atoms with van der Waals surface area (Å²) in [6.07, 6.45) is 1.46. The van der Waals surface area contributed by atoms with Gasteiger partial charge in [-0.05, 0) is 31.9 Å². The molecule has 0 radical (unpaired) electrons. The lowest BCUT2D eigenvalue weighted by Crippen LogP contribution is -2.49. The molecule has 1 aliphatic heterocycles. The van der Waals surface area contributed by atoms with E-state index in [4.69, 9.17) is 10.5 Å². The average Bonchev–Trinajstić information content (AvgIpc) is 2.66. The topological polar surface area (TPSA) is 92.9 Å². The number of rotatable bonds is 6. The Bertz CT molecular complexity index is 606. The van der Waals surface area contributed by atoms with Gasteiger partial charge in [-0.15, -0.1) is 0 Å². The fourth-order valence-corrected chi connectivity index (χ4v) is 2.93. The van der Waals surface area contributed by atoms with Crippen LogP contribution in [0.1, 0.15) is 19.8 Å². The molecule has 25 heavy (non-hydrogen) atoms. The molecule has 7 heteroatoms. The molecule has 2 rings (SSSR count). The van der Waals surface area contributed by atoms with Gasteiger partial charge in [0.1, 0.15) is 6.54 Å². The SMILES string of the molecule is CCOC(=O)C1CCCN(C(=O)CN(C(=O)CN)c2ccccc2)C1. The third-order valence-corrected chi connectivity index (χ3v) is 4.23. The average molecular weight is 347 g/mol. The number of nitrogens with zero attached hydrogens (tertiary/aromatic N) is 2. The van der Waals surface area contributed by atoms with Crippen LogP contribution < -0.4 is 10.6 Å². The molecule has 1 fully saturated rings. The Balaban J connectivity index is 2.05. The molecule has 136 valence electrons. The van der Waals surface area contributed by atoms with E-state index < -0.39 is 0 Å². The van der Waals surface area contributed by atoms with E-state index in [9.17, 15) is 14.4 Å². The molecule has 2 N–H and O–H groups in total. The van der Waals surface area contributed by atoms with Crippen molar-refractivity contribution in [2.45, 2.75) is 19.8 Å². The van der Waals surface area contributed by atoms with Crippen molar-refractivity contribution in [1.82, 2.24) is 4.90 Å². The molecule has 0 spiro atoms. The number of anilines is 1. The van der Waals surface area contributed by atoms with Crippen LogP contribution in [0.25, 0.3) is 0 Å². The number of carbonyl (C=O) groups excluding carboxylic acids is 3. The van der Waals surface area contributed by atoms with Crippen molar-refractivity contribution < 1.29 is 19.1 Å². The predicted molar refractivity (Wildman–Crippen MR) is 93.8 cm³/mol. The summed E-state index contributed by atoms with van der Waals surface area (Å²) in [5.74, 6) is -1.08. The zero-order valence-corrected chi connectivity index (χ0v) is 14.5. The maximum Gasteiger partial charge on any atom is 0.310 e.